The number of carbonyl (C=O) groups excluding carboxylic acids is 2. The molecule has 24 heavy (non-hydrogen) atoms. The van der Waals surface area contributed by atoms with Crippen LogP contribution in [0.3, 0.4) is 0 Å². The average molecular weight is 338 g/mol. The molecule has 136 valence electrons. The van der Waals surface area contributed by atoms with Gasteiger partial charge in [-0.25, -0.2) is 4.79 Å². The van der Waals surface area contributed by atoms with Crippen molar-refractivity contribution < 1.29 is 14.3 Å². The van der Waals surface area contributed by atoms with E-state index >= 15 is 0 Å². The lowest BCUT2D eigenvalue weighted by atomic mass is 10.1. The van der Waals surface area contributed by atoms with Crippen LogP contribution in [-0.2, 0) is 23.0 Å². The number of hydrogen-bond acceptors (Lipinski definition) is 4. The smallest absolute Gasteiger partial charge is 0.407 e. The van der Waals surface area contributed by atoms with E-state index in [0.717, 1.165) is 18.4 Å². The van der Waals surface area contributed by atoms with Gasteiger partial charge >= 0.3 is 6.09 Å². The molecular weight excluding hydrogens is 308 g/mol. The molecule has 0 fully saturated rings. The Bertz CT molecular complexity index is 534. The molecular formula is C17H30N4O3. The summed E-state index contributed by atoms with van der Waals surface area (Å²) in [5.41, 5.74) is 0.571. The largest absolute Gasteiger partial charge is 0.444 e. The maximum absolute atomic E-state index is 11.9. The van der Waals surface area contributed by atoms with Crippen LogP contribution >= 0.6 is 0 Å². The van der Waals surface area contributed by atoms with Gasteiger partial charge in [-0.15, -0.1) is 0 Å². The van der Waals surface area contributed by atoms with E-state index in [9.17, 15) is 9.59 Å². The van der Waals surface area contributed by atoms with Crippen molar-refractivity contribution >= 4 is 12.0 Å². The van der Waals surface area contributed by atoms with Crippen LogP contribution < -0.4 is 10.6 Å². The second kappa shape index (κ2) is 9.30. The Morgan fingerprint density at radius 2 is 2.08 bits per heavy atom. The first-order valence-corrected chi connectivity index (χ1v) is 8.39. The summed E-state index contributed by atoms with van der Waals surface area (Å²) in [7, 11) is 1.86. The van der Waals surface area contributed by atoms with Crippen molar-refractivity contribution in [2.45, 2.75) is 65.0 Å². The van der Waals surface area contributed by atoms with Gasteiger partial charge in [0.15, 0.2) is 0 Å². The van der Waals surface area contributed by atoms with Gasteiger partial charge in [0, 0.05) is 32.3 Å². The molecule has 0 aliphatic rings. The fraction of sp³-hybridized carbons (Fsp3) is 0.706. The molecule has 2 N–H and O–H groups in total. The Labute approximate surface area is 144 Å². The van der Waals surface area contributed by atoms with Crippen LogP contribution in [0.5, 0.6) is 0 Å². The van der Waals surface area contributed by atoms with Crippen molar-refractivity contribution in [2.75, 3.05) is 6.54 Å². The summed E-state index contributed by atoms with van der Waals surface area (Å²) in [6, 6.07) is 0.0758. The second-order valence-corrected chi connectivity index (χ2v) is 7.06. The van der Waals surface area contributed by atoms with E-state index in [-0.39, 0.29) is 11.9 Å². The van der Waals surface area contributed by atoms with E-state index < -0.39 is 11.7 Å². The number of ether oxygens (including phenoxy) is 1. The van der Waals surface area contributed by atoms with E-state index in [1.165, 1.54) is 0 Å². The number of rotatable bonds is 8. The Kier molecular flexibility index (Phi) is 7.74. The minimum absolute atomic E-state index is 0.0338. The van der Waals surface area contributed by atoms with Gasteiger partial charge in [-0.2, -0.15) is 5.10 Å². The lowest BCUT2D eigenvalue weighted by molar-refractivity contribution is -0.121. The summed E-state index contributed by atoms with van der Waals surface area (Å²) in [5, 5.41) is 9.77. The van der Waals surface area contributed by atoms with E-state index in [1.807, 2.05) is 40.9 Å². The van der Waals surface area contributed by atoms with Gasteiger partial charge in [-0.3, -0.25) is 9.48 Å². The third kappa shape index (κ3) is 9.17. The number of nitrogens with zero attached hydrogens (tertiary/aromatic N) is 2. The number of amides is 2. The van der Waals surface area contributed by atoms with Crippen molar-refractivity contribution in [3.05, 3.63) is 18.0 Å². The van der Waals surface area contributed by atoms with Crippen LogP contribution in [0.1, 0.15) is 52.5 Å². The summed E-state index contributed by atoms with van der Waals surface area (Å²) in [5.74, 6) is 0.0338. The molecule has 7 nitrogen and oxygen atoms in total. The highest BCUT2D eigenvalue weighted by Crippen LogP contribution is 2.06. The molecule has 0 aliphatic heterocycles. The maximum Gasteiger partial charge on any atom is 0.407 e. The third-order valence-electron chi connectivity index (χ3n) is 3.29. The fourth-order valence-electron chi connectivity index (χ4n) is 2.19. The van der Waals surface area contributed by atoms with Crippen LogP contribution in [-0.4, -0.2) is 40.0 Å². The Hall–Kier alpha value is -2.05. The van der Waals surface area contributed by atoms with Crippen molar-refractivity contribution in [1.82, 2.24) is 20.4 Å². The van der Waals surface area contributed by atoms with Crippen molar-refractivity contribution in [1.29, 1.82) is 0 Å². The molecule has 0 aliphatic carbocycles. The lowest BCUT2D eigenvalue weighted by Crippen LogP contribution is -2.35. The quantitative estimate of drug-likeness (QED) is 0.711. The van der Waals surface area contributed by atoms with Gasteiger partial charge in [-0.1, -0.05) is 0 Å². The predicted octanol–water partition coefficient (Wildman–Crippen LogP) is 2.16. The summed E-state index contributed by atoms with van der Waals surface area (Å²) in [6.45, 7) is 7.99. The number of aryl methyl sites for hydroxylation is 2. The summed E-state index contributed by atoms with van der Waals surface area (Å²) in [6.07, 6.45) is 6.00. The van der Waals surface area contributed by atoms with E-state index in [4.69, 9.17) is 4.74 Å². The molecule has 1 aromatic rings. The summed E-state index contributed by atoms with van der Waals surface area (Å²) in [4.78, 5) is 23.4. The Morgan fingerprint density at radius 1 is 1.38 bits per heavy atom. The standard InChI is InChI=1S/C17H30N4O3/c1-13(7-6-10-18-16(23)24-17(2,3)4)20-15(22)9-8-14-11-19-21(5)12-14/h11-13H,6-10H2,1-5H3,(H,18,23)(H,20,22). The summed E-state index contributed by atoms with van der Waals surface area (Å²) >= 11 is 0. The molecule has 2 amide bonds. The van der Waals surface area contributed by atoms with Crippen molar-refractivity contribution in [2.24, 2.45) is 7.05 Å². The monoisotopic (exact) mass is 338 g/mol. The zero-order chi connectivity index (χ0) is 18.2. The fourth-order valence-corrected chi connectivity index (χ4v) is 2.19. The molecule has 0 bridgehead atoms. The van der Waals surface area contributed by atoms with Gasteiger partial charge in [0.05, 0.1) is 6.20 Å². The number of aromatic nitrogens is 2. The number of nitrogens with one attached hydrogen (secondary N) is 2. The van der Waals surface area contributed by atoms with E-state index in [0.29, 0.717) is 19.4 Å². The lowest BCUT2D eigenvalue weighted by Gasteiger charge is -2.20. The van der Waals surface area contributed by atoms with Gasteiger partial charge in [0.25, 0.3) is 0 Å². The van der Waals surface area contributed by atoms with Crippen LogP contribution in [0.15, 0.2) is 12.4 Å². The average Bonchev–Trinajstić information content (AvgIpc) is 2.85. The number of carbonyl (C=O) groups is 2. The van der Waals surface area contributed by atoms with E-state index in [1.54, 1.807) is 10.9 Å². The molecule has 0 saturated carbocycles. The van der Waals surface area contributed by atoms with Gasteiger partial charge in [-0.05, 0) is 52.5 Å². The molecule has 1 rings (SSSR count). The van der Waals surface area contributed by atoms with Crippen LogP contribution in [0, 0.1) is 0 Å². The SMILES string of the molecule is CC(CCCNC(=O)OC(C)(C)C)NC(=O)CCc1cnn(C)c1. The molecule has 1 heterocycles. The van der Waals surface area contributed by atoms with Crippen LogP contribution in [0.4, 0.5) is 4.79 Å². The first-order chi connectivity index (χ1) is 11.2. The Morgan fingerprint density at radius 3 is 2.67 bits per heavy atom. The summed E-state index contributed by atoms with van der Waals surface area (Å²) < 4.78 is 6.89. The van der Waals surface area contributed by atoms with Crippen molar-refractivity contribution in [3.63, 3.8) is 0 Å². The minimum atomic E-state index is -0.486. The molecule has 0 aromatic carbocycles. The molecule has 1 aromatic heterocycles. The third-order valence-corrected chi connectivity index (χ3v) is 3.29. The van der Waals surface area contributed by atoms with Crippen LogP contribution in [0.25, 0.3) is 0 Å². The zero-order valence-electron chi connectivity index (χ0n) is 15.4. The highest BCUT2D eigenvalue weighted by Gasteiger charge is 2.15. The zero-order valence-corrected chi connectivity index (χ0v) is 15.4. The Balaban J connectivity index is 2.11. The highest BCUT2D eigenvalue weighted by atomic mass is 16.6. The minimum Gasteiger partial charge on any atom is -0.444 e. The molecule has 7 heteroatoms. The van der Waals surface area contributed by atoms with Gasteiger partial charge < -0.3 is 15.4 Å². The van der Waals surface area contributed by atoms with Gasteiger partial charge in [0.2, 0.25) is 5.91 Å². The molecule has 1 unspecified atom stereocenters. The maximum atomic E-state index is 11.9. The van der Waals surface area contributed by atoms with Gasteiger partial charge in [0.1, 0.15) is 5.60 Å². The van der Waals surface area contributed by atoms with E-state index in [2.05, 4.69) is 15.7 Å². The van der Waals surface area contributed by atoms with Crippen LogP contribution in [0.2, 0.25) is 0 Å². The number of alkyl carbamates (subject to hydrolysis) is 1. The highest BCUT2D eigenvalue weighted by molar-refractivity contribution is 5.76. The first-order valence-electron chi connectivity index (χ1n) is 8.39. The normalized spacial score (nSPS) is 12.5. The first kappa shape index (κ1) is 20.0. The molecule has 0 saturated heterocycles. The molecule has 1 atom stereocenters. The predicted molar refractivity (Wildman–Crippen MR) is 92.6 cm³/mol. The topological polar surface area (TPSA) is 85.2 Å². The second-order valence-electron chi connectivity index (χ2n) is 7.06. The molecule has 0 spiro atoms. The van der Waals surface area contributed by atoms with Crippen molar-refractivity contribution in [3.8, 4) is 0 Å². The number of hydrogen-bond donors (Lipinski definition) is 2. The molecule has 0 radical (unpaired) electrons.